The molecule has 1 unspecified atom stereocenters. The number of hydrogen-bond acceptors (Lipinski definition) is 3. The Labute approximate surface area is 84.2 Å². The lowest BCUT2D eigenvalue weighted by molar-refractivity contribution is -0.140. The Morgan fingerprint density at radius 1 is 1.77 bits per heavy atom. The van der Waals surface area contributed by atoms with Crippen molar-refractivity contribution in [3.63, 3.8) is 0 Å². The zero-order valence-electron chi connectivity index (χ0n) is 6.74. The van der Waals surface area contributed by atoms with Gasteiger partial charge in [0.05, 0.1) is 10.4 Å². The Kier molecular flexibility index (Phi) is 2.60. The molecule has 13 heavy (non-hydrogen) atoms. The van der Waals surface area contributed by atoms with E-state index in [-0.39, 0.29) is 0 Å². The third kappa shape index (κ3) is 1.67. The number of aliphatic carboxylic acids is 1. The van der Waals surface area contributed by atoms with Crippen LogP contribution in [0.4, 0.5) is 0 Å². The first-order valence-electron chi connectivity index (χ1n) is 3.41. The van der Waals surface area contributed by atoms with Crippen LogP contribution in [0.25, 0.3) is 0 Å². The Balaban J connectivity index is 3.19. The molecule has 68 valence electrons. The lowest BCUT2D eigenvalue weighted by atomic mass is 9.91. The summed E-state index contributed by atoms with van der Waals surface area (Å²) < 4.78 is 0.484. The maximum Gasteiger partial charge on any atom is 0.329 e. The zero-order valence-corrected chi connectivity index (χ0v) is 8.32. The standard InChI is InChI=1S/C8H6ClNO2S/c1-8(4-10,7(11)12)5-2-3-6(9)13-5/h2-3H,1H3,(H,11,12). The van der Waals surface area contributed by atoms with Gasteiger partial charge in [0.2, 0.25) is 0 Å². The summed E-state index contributed by atoms with van der Waals surface area (Å²) in [5.41, 5.74) is -1.49. The van der Waals surface area contributed by atoms with Crippen LogP contribution in [0.3, 0.4) is 0 Å². The number of nitrogens with zero attached hydrogens (tertiary/aromatic N) is 1. The molecule has 0 saturated carbocycles. The van der Waals surface area contributed by atoms with Crippen LogP contribution in [-0.4, -0.2) is 11.1 Å². The largest absolute Gasteiger partial charge is 0.480 e. The molecule has 0 aromatic carbocycles. The highest BCUT2D eigenvalue weighted by Crippen LogP contribution is 2.32. The fourth-order valence-corrected chi connectivity index (χ4v) is 1.92. The van der Waals surface area contributed by atoms with Crippen molar-refractivity contribution in [1.82, 2.24) is 0 Å². The van der Waals surface area contributed by atoms with Gasteiger partial charge >= 0.3 is 5.97 Å². The maximum absolute atomic E-state index is 10.8. The first kappa shape index (κ1) is 10.0. The van der Waals surface area contributed by atoms with E-state index in [1.165, 1.54) is 6.92 Å². The molecule has 0 aliphatic heterocycles. The summed E-state index contributed by atoms with van der Waals surface area (Å²) in [7, 11) is 0. The average Bonchev–Trinajstić information content (AvgIpc) is 2.50. The minimum Gasteiger partial charge on any atom is -0.480 e. The predicted octanol–water partition coefficient (Wildman–Crippen LogP) is 2.27. The van der Waals surface area contributed by atoms with Crippen molar-refractivity contribution in [2.45, 2.75) is 12.3 Å². The quantitative estimate of drug-likeness (QED) is 0.823. The molecule has 5 heteroatoms. The van der Waals surface area contributed by atoms with Crippen molar-refractivity contribution in [3.05, 3.63) is 21.3 Å². The summed E-state index contributed by atoms with van der Waals surface area (Å²) >= 11 is 6.75. The van der Waals surface area contributed by atoms with E-state index >= 15 is 0 Å². The molecule has 1 N–H and O–H groups in total. The number of hydrogen-bond donors (Lipinski definition) is 1. The van der Waals surface area contributed by atoms with E-state index < -0.39 is 11.4 Å². The molecule has 1 aromatic heterocycles. The smallest absolute Gasteiger partial charge is 0.329 e. The van der Waals surface area contributed by atoms with Crippen LogP contribution >= 0.6 is 22.9 Å². The van der Waals surface area contributed by atoms with Gasteiger partial charge in [-0.05, 0) is 19.1 Å². The first-order chi connectivity index (χ1) is 6.00. The van der Waals surface area contributed by atoms with Gasteiger partial charge in [0.15, 0.2) is 5.41 Å². The van der Waals surface area contributed by atoms with Crippen LogP contribution in [0.5, 0.6) is 0 Å². The van der Waals surface area contributed by atoms with Crippen LogP contribution in [-0.2, 0) is 10.2 Å². The second-order valence-electron chi connectivity index (χ2n) is 2.65. The molecule has 1 atom stereocenters. The topological polar surface area (TPSA) is 61.1 Å². The van der Waals surface area contributed by atoms with Crippen LogP contribution in [0.2, 0.25) is 4.34 Å². The molecule has 3 nitrogen and oxygen atoms in total. The molecule has 0 radical (unpaired) electrons. The Bertz CT molecular complexity index is 382. The van der Waals surface area contributed by atoms with Crippen molar-refractivity contribution in [2.75, 3.05) is 0 Å². The van der Waals surface area contributed by atoms with Gasteiger partial charge in [0.25, 0.3) is 0 Å². The van der Waals surface area contributed by atoms with Gasteiger partial charge in [-0.2, -0.15) is 5.26 Å². The predicted molar refractivity (Wildman–Crippen MR) is 49.9 cm³/mol. The molecule has 0 saturated heterocycles. The van der Waals surface area contributed by atoms with E-state index in [2.05, 4.69) is 0 Å². The Hall–Kier alpha value is -1.05. The number of nitriles is 1. The summed E-state index contributed by atoms with van der Waals surface area (Å²) in [6.45, 7) is 1.36. The molecule has 0 aliphatic rings. The molecular formula is C8H6ClNO2S. The SMILES string of the molecule is CC(C#N)(C(=O)O)c1ccc(Cl)s1. The van der Waals surface area contributed by atoms with Gasteiger partial charge in [0, 0.05) is 4.88 Å². The number of rotatable bonds is 2. The molecule has 0 fully saturated rings. The minimum absolute atomic E-state index is 0.451. The second-order valence-corrected chi connectivity index (χ2v) is 4.36. The van der Waals surface area contributed by atoms with Crippen molar-refractivity contribution >= 4 is 28.9 Å². The molecule has 1 aromatic rings. The van der Waals surface area contributed by atoms with Crippen LogP contribution in [0.1, 0.15) is 11.8 Å². The Morgan fingerprint density at radius 2 is 2.38 bits per heavy atom. The van der Waals surface area contributed by atoms with Gasteiger partial charge < -0.3 is 5.11 Å². The average molecular weight is 216 g/mol. The van der Waals surface area contributed by atoms with Crippen molar-refractivity contribution in [3.8, 4) is 6.07 Å². The lowest BCUT2D eigenvalue weighted by Gasteiger charge is -2.12. The molecule has 1 heterocycles. The van der Waals surface area contributed by atoms with E-state index in [0.29, 0.717) is 9.21 Å². The van der Waals surface area contributed by atoms with E-state index in [4.69, 9.17) is 22.0 Å². The van der Waals surface area contributed by atoms with Gasteiger partial charge in [-0.3, -0.25) is 4.79 Å². The molecule has 0 aliphatic carbocycles. The summed E-state index contributed by atoms with van der Waals surface area (Å²) in [4.78, 5) is 11.3. The molecule has 0 amide bonds. The number of thiophene rings is 1. The third-order valence-electron chi connectivity index (χ3n) is 1.72. The highest BCUT2D eigenvalue weighted by atomic mass is 35.5. The number of carboxylic acids is 1. The minimum atomic E-state index is -1.49. The first-order valence-corrected chi connectivity index (χ1v) is 4.60. The number of carboxylic acid groups (broad SMARTS) is 1. The fraction of sp³-hybridized carbons (Fsp3) is 0.250. The monoisotopic (exact) mass is 215 g/mol. The van der Waals surface area contributed by atoms with Crippen LogP contribution in [0, 0.1) is 11.3 Å². The van der Waals surface area contributed by atoms with E-state index in [1.807, 2.05) is 0 Å². The zero-order chi connectivity index (χ0) is 10.1. The van der Waals surface area contributed by atoms with Gasteiger partial charge in [0.1, 0.15) is 0 Å². The molecule has 0 bridgehead atoms. The highest BCUT2D eigenvalue weighted by Gasteiger charge is 2.36. The van der Waals surface area contributed by atoms with Crippen molar-refractivity contribution < 1.29 is 9.90 Å². The summed E-state index contributed by atoms with van der Waals surface area (Å²) in [5, 5.41) is 17.6. The normalized spacial score (nSPS) is 14.5. The summed E-state index contributed by atoms with van der Waals surface area (Å²) in [5.74, 6) is -1.16. The Morgan fingerprint density at radius 3 is 2.69 bits per heavy atom. The van der Waals surface area contributed by atoms with Crippen LogP contribution < -0.4 is 0 Å². The molecule has 1 rings (SSSR count). The lowest BCUT2D eigenvalue weighted by Crippen LogP contribution is -2.29. The summed E-state index contributed by atoms with van der Waals surface area (Å²) in [6, 6.07) is 4.90. The van der Waals surface area contributed by atoms with Crippen LogP contribution in [0.15, 0.2) is 12.1 Å². The van der Waals surface area contributed by atoms with Crippen molar-refractivity contribution in [1.29, 1.82) is 5.26 Å². The third-order valence-corrected chi connectivity index (χ3v) is 3.17. The summed E-state index contributed by atoms with van der Waals surface area (Å²) in [6.07, 6.45) is 0. The molecular weight excluding hydrogens is 210 g/mol. The fourth-order valence-electron chi connectivity index (χ4n) is 0.791. The molecule has 0 spiro atoms. The number of carbonyl (C=O) groups is 1. The highest BCUT2D eigenvalue weighted by molar-refractivity contribution is 7.16. The second kappa shape index (κ2) is 3.36. The van der Waals surface area contributed by atoms with E-state index in [1.54, 1.807) is 18.2 Å². The van der Waals surface area contributed by atoms with E-state index in [9.17, 15) is 4.79 Å². The van der Waals surface area contributed by atoms with Crippen molar-refractivity contribution in [2.24, 2.45) is 0 Å². The maximum atomic E-state index is 10.8. The van der Waals surface area contributed by atoms with Gasteiger partial charge in [-0.15, -0.1) is 11.3 Å². The van der Waals surface area contributed by atoms with E-state index in [0.717, 1.165) is 11.3 Å². The van der Waals surface area contributed by atoms with Gasteiger partial charge in [-0.25, -0.2) is 0 Å². The number of halogens is 1. The van der Waals surface area contributed by atoms with Gasteiger partial charge in [-0.1, -0.05) is 11.6 Å².